The van der Waals surface area contributed by atoms with Crippen LogP contribution in [-0.4, -0.2) is 23.9 Å². The van der Waals surface area contributed by atoms with Gasteiger partial charge in [0.25, 0.3) is 0 Å². The summed E-state index contributed by atoms with van der Waals surface area (Å²) in [4.78, 5) is 14.9. The molecular weight excluding hydrogens is 220 g/mol. The molecule has 1 aromatic rings. The molecule has 1 fully saturated rings. The average molecular weight is 234 g/mol. The van der Waals surface area contributed by atoms with E-state index in [1.807, 2.05) is 11.0 Å². The van der Waals surface area contributed by atoms with E-state index in [1.54, 1.807) is 11.3 Å². The number of hydrogen-bond donors (Lipinski definition) is 0. The fourth-order valence-corrected chi connectivity index (χ4v) is 2.62. The van der Waals surface area contributed by atoms with Gasteiger partial charge >= 0.3 is 0 Å². The molecule has 1 atom stereocenters. The number of nitriles is 1. The third-order valence-electron chi connectivity index (χ3n) is 2.91. The summed E-state index contributed by atoms with van der Waals surface area (Å²) in [5.74, 6) is 0.0693. The third kappa shape index (κ3) is 2.61. The summed E-state index contributed by atoms with van der Waals surface area (Å²) in [7, 11) is 0. The van der Waals surface area contributed by atoms with Crippen molar-refractivity contribution in [3.8, 4) is 6.07 Å². The lowest BCUT2D eigenvalue weighted by Crippen LogP contribution is -2.39. The van der Waals surface area contributed by atoms with Crippen LogP contribution in [0.25, 0.3) is 0 Å². The van der Waals surface area contributed by atoms with Gasteiger partial charge in [0.05, 0.1) is 12.0 Å². The number of piperidine rings is 1. The number of carbonyl (C=O) groups is 1. The first kappa shape index (κ1) is 11.2. The van der Waals surface area contributed by atoms with Crippen molar-refractivity contribution in [2.45, 2.75) is 19.3 Å². The van der Waals surface area contributed by atoms with Crippen molar-refractivity contribution in [1.29, 1.82) is 5.26 Å². The van der Waals surface area contributed by atoms with Gasteiger partial charge in [-0.3, -0.25) is 4.79 Å². The Morgan fingerprint density at radius 2 is 2.50 bits per heavy atom. The van der Waals surface area contributed by atoms with E-state index >= 15 is 0 Å². The van der Waals surface area contributed by atoms with Gasteiger partial charge < -0.3 is 4.90 Å². The van der Waals surface area contributed by atoms with E-state index in [-0.39, 0.29) is 11.8 Å². The smallest absolute Gasteiger partial charge is 0.223 e. The lowest BCUT2D eigenvalue weighted by Gasteiger charge is -2.28. The van der Waals surface area contributed by atoms with Crippen LogP contribution in [0.4, 0.5) is 0 Å². The lowest BCUT2D eigenvalue weighted by molar-refractivity contribution is -0.134. The summed E-state index contributed by atoms with van der Waals surface area (Å²) < 4.78 is 0. The van der Waals surface area contributed by atoms with Gasteiger partial charge in [-0.05, 0) is 24.3 Å². The van der Waals surface area contributed by atoms with Gasteiger partial charge in [-0.1, -0.05) is 6.07 Å². The number of carbonyl (C=O) groups excluding carboxylic acids is 1. The highest BCUT2D eigenvalue weighted by Gasteiger charge is 2.25. The number of thiophene rings is 1. The van der Waals surface area contributed by atoms with Crippen LogP contribution in [0.3, 0.4) is 0 Å². The first-order chi connectivity index (χ1) is 7.79. The largest absolute Gasteiger partial charge is 0.342 e. The standard InChI is InChI=1S/C12H14N2OS/c13-9-10-3-5-14(12(15)8-10)6-4-11-2-1-7-16-11/h1-2,7,10H,3-6,8H2. The summed E-state index contributed by atoms with van der Waals surface area (Å²) >= 11 is 1.73. The van der Waals surface area contributed by atoms with Crippen molar-refractivity contribution >= 4 is 17.2 Å². The normalized spacial score (nSPS) is 20.8. The molecule has 2 rings (SSSR count). The van der Waals surface area contributed by atoms with Crippen LogP contribution in [0.15, 0.2) is 17.5 Å². The predicted octanol–water partition coefficient (Wildman–Crippen LogP) is 2.05. The van der Waals surface area contributed by atoms with Crippen LogP contribution in [-0.2, 0) is 11.2 Å². The molecular formula is C12H14N2OS. The van der Waals surface area contributed by atoms with E-state index in [0.717, 1.165) is 25.9 Å². The molecule has 1 aliphatic heterocycles. The summed E-state index contributed by atoms with van der Waals surface area (Å²) in [6, 6.07) is 6.30. The van der Waals surface area contributed by atoms with E-state index in [0.29, 0.717) is 6.42 Å². The molecule has 0 aliphatic carbocycles. The molecule has 84 valence electrons. The lowest BCUT2D eigenvalue weighted by atomic mass is 9.98. The third-order valence-corrected chi connectivity index (χ3v) is 3.85. The van der Waals surface area contributed by atoms with Crippen LogP contribution in [0.2, 0.25) is 0 Å². The minimum absolute atomic E-state index is 0.0644. The van der Waals surface area contributed by atoms with Gasteiger partial charge in [0, 0.05) is 24.4 Å². The van der Waals surface area contributed by atoms with Gasteiger partial charge in [0.1, 0.15) is 0 Å². The average Bonchev–Trinajstić information content (AvgIpc) is 2.80. The van der Waals surface area contributed by atoms with Crippen LogP contribution in [0, 0.1) is 17.2 Å². The monoisotopic (exact) mass is 234 g/mol. The Morgan fingerprint density at radius 1 is 1.62 bits per heavy atom. The van der Waals surface area contributed by atoms with E-state index in [1.165, 1.54) is 4.88 Å². The highest BCUT2D eigenvalue weighted by molar-refractivity contribution is 7.09. The highest BCUT2D eigenvalue weighted by atomic mass is 32.1. The van der Waals surface area contributed by atoms with Crippen molar-refractivity contribution in [2.24, 2.45) is 5.92 Å². The van der Waals surface area contributed by atoms with Crippen LogP contribution in [0.5, 0.6) is 0 Å². The number of nitrogens with zero attached hydrogens (tertiary/aromatic N) is 2. The van der Waals surface area contributed by atoms with Crippen LogP contribution >= 0.6 is 11.3 Å². The Bertz CT molecular complexity index is 394. The first-order valence-electron chi connectivity index (χ1n) is 5.49. The molecule has 2 heterocycles. The molecule has 0 spiro atoms. The molecule has 1 saturated heterocycles. The molecule has 0 bridgehead atoms. The van der Waals surface area contributed by atoms with Crippen molar-refractivity contribution in [3.05, 3.63) is 22.4 Å². The van der Waals surface area contributed by atoms with Gasteiger partial charge in [-0.25, -0.2) is 0 Å². The zero-order chi connectivity index (χ0) is 11.4. The zero-order valence-electron chi connectivity index (χ0n) is 9.06. The second-order valence-electron chi connectivity index (χ2n) is 4.03. The molecule has 0 N–H and O–H groups in total. The minimum Gasteiger partial charge on any atom is -0.342 e. The Balaban J connectivity index is 1.83. The molecule has 1 unspecified atom stereocenters. The van der Waals surface area contributed by atoms with Gasteiger partial charge in [-0.2, -0.15) is 5.26 Å². The maximum Gasteiger partial charge on any atom is 0.223 e. The van der Waals surface area contributed by atoms with E-state index in [2.05, 4.69) is 17.5 Å². The summed E-state index contributed by atoms with van der Waals surface area (Å²) in [5.41, 5.74) is 0. The van der Waals surface area contributed by atoms with Crippen LogP contribution in [0.1, 0.15) is 17.7 Å². The summed E-state index contributed by atoms with van der Waals surface area (Å²) in [5, 5.41) is 10.8. The summed E-state index contributed by atoms with van der Waals surface area (Å²) in [6.07, 6.45) is 2.16. The molecule has 3 nitrogen and oxygen atoms in total. The van der Waals surface area contributed by atoms with E-state index in [4.69, 9.17) is 5.26 Å². The molecule has 4 heteroatoms. The van der Waals surface area contributed by atoms with Gasteiger partial charge in [0.2, 0.25) is 5.91 Å². The Labute approximate surface area is 99.3 Å². The molecule has 1 amide bonds. The predicted molar refractivity (Wildman–Crippen MR) is 62.9 cm³/mol. The SMILES string of the molecule is N#CC1CCN(CCc2cccs2)C(=O)C1. The first-order valence-corrected chi connectivity index (χ1v) is 6.37. The van der Waals surface area contributed by atoms with Crippen molar-refractivity contribution < 1.29 is 4.79 Å². The highest BCUT2D eigenvalue weighted by Crippen LogP contribution is 2.18. The quantitative estimate of drug-likeness (QED) is 0.803. The van der Waals surface area contributed by atoms with Crippen LogP contribution < -0.4 is 0 Å². The molecule has 16 heavy (non-hydrogen) atoms. The van der Waals surface area contributed by atoms with E-state index in [9.17, 15) is 4.79 Å². The van der Waals surface area contributed by atoms with Gasteiger partial charge in [0.15, 0.2) is 0 Å². The molecule has 0 radical (unpaired) electrons. The summed E-state index contributed by atoms with van der Waals surface area (Å²) in [6.45, 7) is 1.53. The maximum atomic E-state index is 11.7. The fraction of sp³-hybridized carbons (Fsp3) is 0.500. The Kier molecular flexibility index (Phi) is 3.58. The topological polar surface area (TPSA) is 44.1 Å². The molecule has 0 saturated carbocycles. The van der Waals surface area contributed by atoms with Gasteiger partial charge in [-0.15, -0.1) is 11.3 Å². The number of rotatable bonds is 3. The van der Waals surface area contributed by atoms with Crippen molar-refractivity contribution in [2.75, 3.05) is 13.1 Å². The number of hydrogen-bond acceptors (Lipinski definition) is 3. The minimum atomic E-state index is -0.0644. The molecule has 1 aliphatic rings. The Hall–Kier alpha value is -1.34. The Morgan fingerprint density at radius 3 is 3.12 bits per heavy atom. The number of likely N-dealkylation sites (tertiary alicyclic amines) is 1. The molecule has 1 aromatic heterocycles. The fourth-order valence-electron chi connectivity index (χ4n) is 1.93. The second-order valence-corrected chi connectivity index (χ2v) is 5.06. The maximum absolute atomic E-state index is 11.7. The zero-order valence-corrected chi connectivity index (χ0v) is 9.87. The van der Waals surface area contributed by atoms with Crippen molar-refractivity contribution in [1.82, 2.24) is 4.90 Å². The van der Waals surface area contributed by atoms with E-state index < -0.39 is 0 Å². The van der Waals surface area contributed by atoms with Crippen molar-refractivity contribution in [3.63, 3.8) is 0 Å². The molecule has 0 aromatic carbocycles. The second kappa shape index (κ2) is 5.13. The number of amides is 1.